The van der Waals surface area contributed by atoms with E-state index in [9.17, 15) is 9.59 Å². The van der Waals surface area contributed by atoms with Gasteiger partial charge in [-0.05, 0) is 44.2 Å². The minimum absolute atomic E-state index is 0.0633. The van der Waals surface area contributed by atoms with Gasteiger partial charge in [0, 0.05) is 17.4 Å². The highest BCUT2D eigenvalue weighted by Gasteiger charge is 2.46. The standard InChI is InChI=1S/C19H26N2O2S/c1-12(2)10-17-21(19(23)14-6-7-14)16(11-24-17)18(22)20-15-8-4-13(3)5-9-15/h4-5,8-9,12,14,16-17H,6-7,10-11H2,1-3H3,(H,20,22)/t16-,17+/m1/s1. The normalized spacial score (nSPS) is 23.6. The highest BCUT2D eigenvalue weighted by molar-refractivity contribution is 8.00. The first-order valence-corrected chi connectivity index (χ1v) is 9.82. The second-order valence-corrected chi connectivity index (χ2v) is 8.52. The SMILES string of the molecule is Cc1ccc(NC(=O)[C@H]2CS[C@@H](CC(C)C)N2C(=O)C2CC2)cc1. The summed E-state index contributed by atoms with van der Waals surface area (Å²) in [5.41, 5.74) is 1.95. The molecule has 1 aromatic rings. The number of hydrogen-bond acceptors (Lipinski definition) is 3. The fraction of sp³-hybridized carbons (Fsp3) is 0.579. The second-order valence-electron chi connectivity index (χ2n) is 7.31. The van der Waals surface area contributed by atoms with Crippen LogP contribution in [-0.2, 0) is 9.59 Å². The summed E-state index contributed by atoms with van der Waals surface area (Å²) < 4.78 is 0. The number of hydrogen-bond donors (Lipinski definition) is 1. The fourth-order valence-corrected chi connectivity index (χ4v) is 4.70. The van der Waals surface area contributed by atoms with Crippen molar-refractivity contribution in [2.45, 2.75) is 51.4 Å². The molecule has 24 heavy (non-hydrogen) atoms. The van der Waals surface area contributed by atoms with Crippen molar-refractivity contribution in [1.82, 2.24) is 4.90 Å². The molecule has 1 aromatic carbocycles. The Kier molecular flexibility index (Phi) is 5.18. The number of benzene rings is 1. The van der Waals surface area contributed by atoms with Crippen molar-refractivity contribution >= 4 is 29.3 Å². The molecule has 2 fully saturated rings. The summed E-state index contributed by atoms with van der Waals surface area (Å²) in [4.78, 5) is 27.4. The maximum atomic E-state index is 12.8. The van der Waals surface area contributed by atoms with Crippen LogP contribution in [0.2, 0.25) is 0 Å². The summed E-state index contributed by atoms with van der Waals surface area (Å²) in [7, 11) is 0. The molecule has 1 heterocycles. The molecule has 0 spiro atoms. The smallest absolute Gasteiger partial charge is 0.248 e. The van der Waals surface area contributed by atoms with Crippen molar-refractivity contribution < 1.29 is 9.59 Å². The molecule has 0 radical (unpaired) electrons. The van der Waals surface area contributed by atoms with Crippen LogP contribution in [0.4, 0.5) is 5.69 Å². The van der Waals surface area contributed by atoms with Crippen LogP contribution in [0.5, 0.6) is 0 Å². The lowest BCUT2D eigenvalue weighted by atomic mass is 10.1. The number of rotatable bonds is 5. The third kappa shape index (κ3) is 3.94. The molecule has 4 nitrogen and oxygen atoms in total. The van der Waals surface area contributed by atoms with E-state index in [-0.39, 0.29) is 29.1 Å². The Morgan fingerprint density at radius 3 is 2.50 bits per heavy atom. The molecule has 2 amide bonds. The minimum Gasteiger partial charge on any atom is -0.324 e. The third-order valence-corrected chi connectivity index (χ3v) is 5.88. The van der Waals surface area contributed by atoms with E-state index in [4.69, 9.17) is 0 Å². The first kappa shape index (κ1) is 17.3. The Balaban J connectivity index is 1.73. The number of nitrogens with zero attached hydrogens (tertiary/aromatic N) is 1. The van der Waals surface area contributed by atoms with E-state index in [0.717, 1.165) is 30.5 Å². The summed E-state index contributed by atoms with van der Waals surface area (Å²) in [6, 6.07) is 7.43. The van der Waals surface area contributed by atoms with E-state index < -0.39 is 0 Å². The van der Waals surface area contributed by atoms with Crippen LogP contribution in [0.25, 0.3) is 0 Å². The van der Waals surface area contributed by atoms with Crippen LogP contribution in [0.15, 0.2) is 24.3 Å². The zero-order valence-corrected chi connectivity index (χ0v) is 15.4. The lowest BCUT2D eigenvalue weighted by molar-refractivity contribution is -0.139. The summed E-state index contributed by atoms with van der Waals surface area (Å²) in [5, 5.41) is 3.11. The Labute approximate surface area is 148 Å². The van der Waals surface area contributed by atoms with Crippen molar-refractivity contribution in [3.8, 4) is 0 Å². The van der Waals surface area contributed by atoms with Crippen LogP contribution in [-0.4, -0.2) is 33.9 Å². The maximum Gasteiger partial charge on any atom is 0.248 e. The molecule has 0 bridgehead atoms. The number of anilines is 1. The van der Waals surface area contributed by atoms with Gasteiger partial charge in [-0.2, -0.15) is 0 Å². The largest absolute Gasteiger partial charge is 0.324 e. The van der Waals surface area contributed by atoms with E-state index in [1.54, 1.807) is 11.8 Å². The van der Waals surface area contributed by atoms with E-state index in [2.05, 4.69) is 19.2 Å². The number of nitrogens with one attached hydrogen (secondary N) is 1. The molecular formula is C19H26N2O2S. The van der Waals surface area contributed by atoms with Crippen LogP contribution in [0, 0.1) is 18.8 Å². The fourth-order valence-electron chi connectivity index (χ4n) is 3.05. The topological polar surface area (TPSA) is 49.4 Å². The quantitative estimate of drug-likeness (QED) is 0.885. The molecule has 0 aromatic heterocycles. The minimum atomic E-state index is -0.354. The zero-order valence-electron chi connectivity index (χ0n) is 14.6. The highest BCUT2D eigenvalue weighted by Crippen LogP contribution is 2.39. The Morgan fingerprint density at radius 2 is 1.92 bits per heavy atom. The van der Waals surface area contributed by atoms with Gasteiger partial charge < -0.3 is 10.2 Å². The number of aryl methyl sites for hydroxylation is 1. The molecule has 1 aliphatic carbocycles. The van der Waals surface area contributed by atoms with Gasteiger partial charge in [-0.25, -0.2) is 0 Å². The molecule has 1 N–H and O–H groups in total. The molecule has 0 unspecified atom stereocenters. The molecular weight excluding hydrogens is 320 g/mol. The number of carbonyl (C=O) groups is 2. The lowest BCUT2D eigenvalue weighted by Gasteiger charge is -2.30. The first-order valence-electron chi connectivity index (χ1n) is 8.77. The summed E-state index contributed by atoms with van der Waals surface area (Å²) >= 11 is 1.75. The maximum absolute atomic E-state index is 12.8. The predicted molar refractivity (Wildman–Crippen MR) is 98.9 cm³/mol. The van der Waals surface area contributed by atoms with Crippen molar-refractivity contribution in [3.05, 3.63) is 29.8 Å². The molecule has 1 aliphatic heterocycles. The zero-order chi connectivity index (χ0) is 17.3. The van der Waals surface area contributed by atoms with Gasteiger partial charge in [0.25, 0.3) is 0 Å². The number of carbonyl (C=O) groups excluding carboxylic acids is 2. The van der Waals surface area contributed by atoms with E-state index >= 15 is 0 Å². The van der Waals surface area contributed by atoms with Gasteiger partial charge in [0.15, 0.2) is 0 Å². The van der Waals surface area contributed by atoms with Gasteiger partial charge in [-0.15, -0.1) is 11.8 Å². The first-order chi connectivity index (χ1) is 11.5. The Hall–Kier alpha value is -1.49. The van der Waals surface area contributed by atoms with Crippen molar-refractivity contribution in [2.24, 2.45) is 11.8 Å². The monoisotopic (exact) mass is 346 g/mol. The molecule has 1 saturated carbocycles. The average molecular weight is 346 g/mol. The molecule has 1 saturated heterocycles. The third-order valence-electron chi connectivity index (χ3n) is 4.57. The summed E-state index contributed by atoms with van der Waals surface area (Å²) in [6.07, 6.45) is 2.89. The van der Waals surface area contributed by atoms with E-state index in [1.165, 1.54) is 0 Å². The van der Waals surface area contributed by atoms with Gasteiger partial charge in [0.2, 0.25) is 11.8 Å². The van der Waals surface area contributed by atoms with Gasteiger partial charge in [-0.1, -0.05) is 31.5 Å². The summed E-state index contributed by atoms with van der Waals surface area (Å²) in [6.45, 7) is 6.35. The summed E-state index contributed by atoms with van der Waals surface area (Å²) in [5.74, 6) is 1.46. The van der Waals surface area contributed by atoms with Crippen LogP contribution >= 0.6 is 11.8 Å². The molecule has 130 valence electrons. The molecule has 3 rings (SSSR count). The van der Waals surface area contributed by atoms with Crippen LogP contribution in [0.1, 0.15) is 38.7 Å². The van der Waals surface area contributed by atoms with Gasteiger partial charge in [0.05, 0.1) is 5.37 Å². The highest BCUT2D eigenvalue weighted by atomic mass is 32.2. The van der Waals surface area contributed by atoms with Gasteiger partial charge >= 0.3 is 0 Å². The molecule has 2 aliphatic rings. The molecule has 2 atom stereocenters. The average Bonchev–Trinajstić information content (AvgIpc) is 3.30. The van der Waals surface area contributed by atoms with Crippen LogP contribution < -0.4 is 5.32 Å². The molecule has 5 heteroatoms. The number of thioether (sulfide) groups is 1. The van der Waals surface area contributed by atoms with E-state index in [0.29, 0.717) is 11.7 Å². The van der Waals surface area contributed by atoms with Crippen molar-refractivity contribution in [2.75, 3.05) is 11.1 Å². The second kappa shape index (κ2) is 7.18. The van der Waals surface area contributed by atoms with Gasteiger partial charge in [-0.3, -0.25) is 9.59 Å². The predicted octanol–water partition coefficient (Wildman–Crippen LogP) is 3.66. The Morgan fingerprint density at radius 1 is 1.25 bits per heavy atom. The lowest BCUT2D eigenvalue weighted by Crippen LogP contribution is -2.48. The van der Waals surface area contributed by atoms with Crippen molar-refractivity contribution in [3.63, 3.8) is 0 Å². The van der Waals surface area contributed by atoms with Crippen molar-refractivity contribution in [1.29, 1.82) is 0 Å². The van der Waals surface area contributed by atoms with Gasteiger partial charge in [0.1, 0.15) is 6.04 Å². The number of amides is 2. The van der Waals surface area contributed by atoms with E-state index in [1.807, 2.05) is 36.1 Å². The Bertz CT molecular complexity index is 610. The van der Waals surface area contributed by atoms with Crippen LogP contribution in [0.3, 0.4) is 0 Å².